The number of phenolic OH excluding ortho intramolecular Hbond substituents is 1. The Kier molecular flexibility index (Phi) is 5.42. The van der Waals surface area contributed by atoms with E-state index in [1.165, 1.54) is 0 Å². The second-order valence-corrected chi connectivity index (χ2v) is 5.72. The molecule has 0 bridgehead atoms. The molecule has 0 heterocycles. The molecule has 0 fully saturated rings. The summed E-state index contributed by atoms with van der Waals surface area (Å²) in [5.41, 5.74) is 3.59. The number of nitrogens with one attached hydrogen (secondary N) is 2. The summed E-state index contributed by atoms with van der Waals surface area (Å²) in [7, 11) is 0. The van der Waals surface area contributed by atoms with E-state index in [1.54, 1.807) is 12.1 Å². The van der Waals surface area contributed by atoms with Crippen LogP contribution in [0.1, 0.15) is 13.3 Å². The van der Waals surface area contributed by atoms with Gasteiger partial charge >= 0.3 is 0 Å². The van der Waals surface area contributed by atoms with Gasteiger partial charge in [-0.1, -0.05) is 19.1 Å². The molecule has 0 unspecified atom stereocenters. The highest BCUT2D eigenvalue weighted by molar-refractivity contribution is 5.68. The molecule has 0 radical (unpaired) electrons. The van der Waals surface area contributed by atoms with Crippen molar-refractivity contribution < 1.29 is 9.84 Å². The summed E-state index contributed by atoms with van der Waals surface area (Å²) in [5.74, 6) is 1.12. The van der Waals surface area contributed by atoms with E-state index in [4.69, 9.17) is 4.74 Å². The van der Waals surface area contributed by atoms with E-state index in [0.717, 1.165) is 35.8 Å². The molecule has 0 aromatic heterocycles. The Morgan fingerprint density at radius 2 is 1.32 bits per heavy atom. The predicted molar refractivity (Wildman–Crippen MR) is 103 cm³/mol. The fourth-order valence-corrected chi connectivity index (χ4v) is 2.39. The van der Waals surface area contributed by atoms with Crippen molar-refractivity contribution in [3.63, 3.8) is 0 Å². The smallest absolute Gasteiger partial charge is 0.139 e. The summed E-state index contributed by atoms with van der Waals surface area (Å²) < 4.78 is 5.59. The fourth-order valence-electron chi connectivity index (χ4n) is 2.39. The van der Waals surface area contributed by atoms with E-state index in [-0.39, 0.29) is 5.75 Å². The highest BCUT2D eigenvalue weighted by Crippen LogP contribution is 2.27. The van der Waals surface area contributed by atoms with Crippen LogP contribution in [0, 0.1) is 0 Å². The molecule has 3 aromatic rings. The Morgan fingerprint density at radius 1 is 0.760 bits per heavy atom. The van der Waals surface area contributed by atoms with Crippen LogP contribution in [-0.4, -0.2) is 11.7 Å². The molecule has 0 atom stereocenters. The van der Waals surface area contributed by atoms with Gasteiger partial charge in [-0.15, -0.1) is 0 Å². The van der Waals surface area contributed by atoms with E-state index in [9.17, 15) is 5.11 Å². The number of ether oxygens (including phenoxy) is 1. The molecule has 0 aliphatic rings. The second kappa shape index (κ2) is 8.11. The van der Waals surface area contributed by atoms with Gasteiger partial charge in [-0.2, -0.15) is 0 Å². The zero-order valence-electron chi connectivity index (χ0n) is 14.2. The molecule has 0 amide bonds. The van der Waals surface area contributed by atoms with Crippen molar-refractivity contribution in [2.45, 2.75) is 13.3 Å². The summed E-state index contributed by atoms with van der Waals surface area (Å²) >= 11 is 0. The van der Waals surface area contributed by atoms with Gasteiger partial charge in [-0.3, -0.25) is 0 Å². The summed E-state index contributed by atoms with van der Waals surface area (Å²) in [6.45, 7) is 2.83. The molecule has 25 heavy (non-hydrogen) atoms. The average molecular weight is 334 g/mol. The van der Waals surface area contributed by atoms with Crippen molar-refractivity contribution in [2.75, 3.05) is 17.2 Å². The minimum atomic E-state index is 0.232. The molecule has 0 saturated heterocycles. The summed E-state index contributed by atoms with van der Waals surface area (Å²) in [5, 5.41) is 16.4. The lowest BCUT2D eigenvalue weighted by molar-refractivity contribution is 0.317. The molecule has 0 saturated carbocycles. The van der Waals surface area contributed by atoms with Gasteiger partial charge in [-0.05, 0) is 67.1 Å². The Hall–Kier alpha value is -3.14. The fraction of sp³-hybridized carbons (Fsp3) is 0.143. The third-order valence-corrected chi connectivity index (χ3v) is 3.68. The van der Waals surface area contributed by atoms with Crippen molar-refractivity contribution in [1.82, 2.24) is 0 Å². The molecule has 4 heteroatoms. The maximum atomic E-state index is 9.81. The van der Waals surface area contributed by atoms with Gasteiger partial charge in [0.1, 0.15) is 11.5 Å². The lowest BCUT2D eigenvalue weighted by Crippen LogP contribution is -1.95. The first-order valence-corrected chi connectivity index (χ1v) is 8.39. The topological polar surface area (TPSA) is 53.5 Å². The lowest BCUT2D eigenvalue weighted by atomic mass is 10.2. The summed E-state index contributed by atoms with van der Waals surface area (Å²) in [4.78, 5) is 0. The van der Waals surface area contributed by atoms with Gasteiger partial charge < -0.3 is 20.5 Å². The van der Waals surface area contributed by atoms with E-state index in [1.807, 2.05) is 60.7 Å². The highest BCUT2D eigenvalue weighted by Gasteiger charge is 2.01. The highest BCUT2D eigenvalue weighted by atomic mass is 16.5. The van der Waals surface area contributed by atoms with E-state index in [0.29, 0.717) is 5.69 Å². The number of anilines is 4. The number of para-hydroxylation sites is 2. The molecular formula is C21H22N2O2. The van der Waals surface area contributed by atoms with E-state index < -0.39 is 0 Å². The molecule has 3 aromatic carbocycles. The Bertz CT molecular complexity index is 799. The number of hydrogen-bond donors (Lipinski definition) is 3. The summed E-state index contributed by atoms with van der Waals surface area (Å²) in [6.07, 6.45) is 1.00. The largest absolute Gasteiger partial charge is 0.506 e. The Morgan fingerprint density at radius 3 is 1.92 bits per heavy atom. The third-order valence-electron chi connectivity index (χ3n) is 3.68. The second-order valence-electron chi connectivity index (χ2n) is 5.72. The van der Waals surface area contributed by atoms with Crippen molar-refractivity contribution in [2.24, 2.45) is 0 Å². The molecule has 0 aliphatic carbocycles. The average Bonchev–Trinajstić information content (AvgIpc) is 2.65. The van der Waals surface area contributed by atoms with Gasteiger partial charge in [0.05, 0.1) is 12.3 Å². The van der Waals surface area contributed by atoms with Gasteiger partial charge in [0.15, 0.2) is 0 Å². The summed E-state index contributed by atoms with van der Waals surface area (Å²) in [6, 6.07) is 23.0. The van der Waals surface area contributed by atoms with E-state index >= 15 is 0 Å². The minimum absolute atomic E-state index is 0.232. The van der Waals surface area contributed by atoms with Crippen LogP contribution in [-0.2, 0) is 0 Å². The molecule has 0 spiro atoms. The van der Waals surface area contributed by atoms with Crippen LogP contribution in [0.15, 0.2) is 72.8 Å². The number of benzene rings is 3. The molecular weight excluding hydrogens is 312 g/mol. The molecule has 128 valence electrons. The monoisotopic (exact) mass is 334 g/mol. The van der Waals surface area contributed by atoms with Crippen LogP contribution in [0.4, 0.5) is 22.7 Å². The first-order chi connectivity index (χ1) is 12.2. The van der Waals surface area contributed by atoms with Gasteiger partial charge in [0, 0.05) is 17.1 Å². The van der Waals surface area contributed by atoms with Crippen LogP contribution in [0.3, 0.4) is 0 Å². The SMILES string of the molecule is CCCOc1ccc(Nc2ccc(Nc3ccccc3O)cc2)cc1. The van der Waals surface area contributed by atoms with Crippen molar-refractivity contribution in [1.29, 1.82) is 0 Å². The van der Waals surface area contributed by atoms with Crippen LogP contribution >= 0.6 is 0 Å². The van der Waals surface area contributed by atoms with Gasteiger partial charge in [0.2, 0.25) is 0 Å². The Balaban J connectivity index is 1.61. The standard InChI is InChI=1S/C21H22N2O2/c1-2-15-25-19-13-11-17(12-14-19)22-16-7-9-18(10-8-16)23-20-5-3-4-6-21(20)24/h3-14,22-24H,2,15H2,1H3. The predicted octanol–water partition coefficient (Wildman–Crippen LogP) is 5.67. The number of phenols is 1. The first kappa shape index (κ1) is 16.7. The first-order valence-electron chi connectivity index (χ1n) is 8.39. The lowest BCUT2D eigenvalue weighted by Gasteiger charge is -2.11. The quantitative estimate of drug-likeness (QED) is 0.487. The maximum Gasteiger partial charge on any atom is 0.139 e. The van der Waals surface area contributed by atoms with Crippen molar-refractivity contribution in [3.05, 3.63) is 72.8 Å². The zero-order chi connectivity index (χ0) is 17.5. The number of aromatic hydroxyl groups is 1. The van der Waals surface area contributed by atoms with Crippen LogP contribution < -0.4 is 15.4 Å². The van der Waals surface area contributed by atoms with Crippen molar-refractivity contribution in [3.8, 4) is 11.5 Å². The zero-order valence-corrected chi connectivity index (χ0v) is 14.2. The third kappa shape index (κ3) is 4.67. The normalized spacial score (nSPS) is 10.3. The number of rotatable bonds is 7. The maximum absolute atomic E-state index is 9.81. The molecule has 0 aliphatic heterocycles. The molecule has 4 nitrogen and oxygen atoms in total. The minimum Gasteiger partial charge on any atom is -0.506 e. The van der Waals surface area contributed by atoms with Gasteiger partial charge in [-0.25, -0.2) is 0 Å². The van der Waals surface area contributed by atoms with Crippen molar-refractivity contribution >= 4 is 22.7 Å². The van der Waals surface area contributed by atoms with Crippen LogP contribution in [0.5, 0.6) is 11.5 Å². The van der Waals surface area contributed by atoms with Gasteiger partial charge in [0.25, 0.3) is 0 Å². The van der Waals surface area contributed by atoms with Crippen LogP contribution in [0.25, 0.3) is 0 Å². The van der Waals surface area contributed by atoms with E-state index in [2.05, 4.69) is 17.6 Å². The number of hydrogen-bond acceptors (Lipinski definition) is 4. The molecule has 3 rings (SSSR count). The Labute approximate surface area is 148 Å². The molecule has 3 N–H and O–H groups in total. The van der Waals surface area contributed by atoms with Crippen LogP contribution in [0.2, 0.25) is 0 Å².